The van der Waals surface area contributed by atoms with Crippen molar-refractivity contribution in [3.05, 3.63) is 29.8 Å². The molecule has 0 spiro atoms. The molecule has 96 valence electrons. The summed E-state index contributed by atoms with van der Waals surface area (Å²) in [6.45, 7) is 0. The molecule has 1 atom stereocenters. The van der Waals surface area contributed by atoms with Crippen molar-refractivity contribution in [2.45, 2.75) is 12.5 Å². The molecule has 1 saturated heterocycles. The molecule has 0 bridgehead atoms. The van der Waals surface area contributed by atoms with Crippen LogP contribution in [0.3, 0.4) is 0 Å². The van der Waals surface area contributed by atoms with Gasteiger partial charge in [0.1, 0.15) is 0 Å². The minimum atomic E-state index is -0.882. The van der Waals surface area contributed by atoms with Crippen LogP contribution in [0.4, 0.5) is 5.69 Å². The molecule has 1 fully saturated rings. The molecule has 3 N–H and O–H groups in total. The highest BCUT2D eigenvalue weighted by molar-refractivity contribution is 7.99. The Morgan fingerprint density at radius 3 is 3.00 bits per heavy atom. The Morgan fingerprint density at radius 1 is 1.50 bits per heavy atom. The summed E-state index contributed by atoms with van der Waals surface area (Å²) in [4.78, 5) is 22.5. The second kappa shape index (κ2) is 5.88. The van der Waals surface area contributed by atoms with Gasteiger partial charge in [-0.05, 0) is 17.7 Å². The minimum absolute atomic E-state index is 0.0404. The maximum absolute atomic E-state index is 11.8. The van der Waals surface area contributed by atoms with Crippen molar-refractivity contribution in [3.8, 4) is 0 Å². The number of carboxylic acids is 1. The third-order valence-electron chi connectivity index (χ3n) is 2.58. The molecule has 5 nitrogen and oxygen atoms in total. The number of hydrogen-bond acceptors (Lipinski definition) is 4. The molecule has 1 aliphatic heterocycles. The highest BCUT2D eigenvalue weighted by Gasteiger charge is 2.22. The van der Waals surface area contributed by atoms with Crippen LogP contribution in [0.1, 0.15) is 5.56 Å². The van der Waals surface area contributed by atoms with Crippen molar-refractivity contribution in [2.75, 3.05) is 16.9 Å². The lowest BCUT2D eigenvalue weighted by Crippen LogP contribution is -2.37. The second-order valence-corrected chi connectivity index (χ2v) is 5.06. The number of benzene rings is 1. The number of thioether (sulfide) groups is 1. The summed E-state index contributed by atoms with van der Waals surface area (Å²) < 4.78 is 0. The van der Waals surface area contributed by atoms with Gasteiger partial charge in [-0.25, -0.2) is 0 Å². The number of nitrogens with one attached hydrogen (secondary N) is 2. The Balaban J connectivity index is 2.00. The smallest absolute Gasteiger partial charge is 0.307 e. The van der Waals surface area contributed by atoms with Gasteiger partial charge in [-0.1, -0.05) is 12.1 Å². The Labute approximate surface area is 109 Å². The third-order valence-corrected chi connectivity index (χ3v) is 3.52. The summed E-state index contributed by atoms with van der Waals surface area (Å²) in [6, 6.07) is 6.75. The number of carboxylic acid groups (broad SMARTS) is 1. The maximum Gasteiger partial charge on any atom is 0.307 e. The van der Waals surface area contributed by atoms with E-state index in [0.717, 1.165) is 11.6 Å². The minimum Gasteiger partial charge on any atom is -0.481 e. The fraction of sp³-hybridized carbons (Fsp3) is 0.333. The van der Waals surface area contributed by atoms with Gasteiger partial charge in [-0.2, -0.15) is 0 Å². The molecular formula is C12H14N2O3S. The van der Waals surface area contributed by atoms with E-state index in [4.69, 9.17) is 5.11 Å². The van der Waals surface area contributed by atoms with Crippen LogP contribution in [0.2, 0.25) is 0 Å². The number of rotatable bonds is 4. The predicted octanol–water partition coefficient (Wildman–Crippen LogP) is 0.915. The van der Waals surface area contributed by atoms with Gasteiger partial charge < -0.3 is 10.4 Å². The van der Waals surface area contributed by atoms with Gasteiger partial charge in [0, 0.05) is 17.3 Å². The van der Waals surface area contributed by atoms with Crippen molar-refractivity contribution in [3.63, 3.8) is 0 Å². The number of aliphatic carboxylic acids is 1. The molecule has 1 unspecified atom stereocenters. The molecule has 1 heterocycles. The summed E-state index contributed by atoms with van der Waals surface area (Å²) in [5, 5.41) is 14.6. The van der Waals surface area contributed by atoms with Crippen molar-refractivity contribution in [2.24, 2.45) is 0 Å². The van der Waals surface area contributed by atoms with Crippen LogP contribution in [0, 0.1) is 0 Å². The van der Waals surface area contributed by atoms with Crippen LogP contribution in [-0.4, -0.2) is 34.7 Å². The van der Waals surface area contributed by atoms with E-state index in [0.29, 0.717) is 11.3 Å². The van der Waals surface area contributed by atoms with Crippen LogP contribution in [0.25, 0.3) is 0 Å². The van der Waals surface area contributed by atoms with Crippen molar-refractivity contribution in [1.82, 2.24) is 5.32 Å². The Bertz CT molecular complexity index is 458. The lowest BCUT2D eigenvalue weighted by molar-refractivity contribution is -0.136. The monoisotopic (exact) mass is 266 g/mol. The molecule has 0 saturated carbocycles. The Morgan fingerprint density at radius 2 is 2.33 bits per heavy atom. The van der Waals surface area contributed by atoms with Gasteiger partial charge >= 0.3 is 5.97 Å². The lowest BCUT2D eigenvalue weighted by Gasteiger charge is -2.11. The normalized spacial score (nSPS) is 18.6. The Kier molecular flexibility index (Phi) is 4.22. The molecule has 6 heteroatoms. The molecule has 0 aliphatic carbocycles. The zero-order valence-electron chi connectivity index (χ0n) is 9.68. The summed E-state index contributed by atoms with van der Waals surface area (Å²) >= 11 is 1.68. The van der Waals surface area contributed by atoms with Gasteiger partial charge in [0.2, 0.25) is 5.91 Å². The molecule has 18 heavy (non-hydrogen) atoms. The zero-order valence-corrected chi connectivity index (χ0v) is 10.5. The molecule has 1 aromatic carbocycles. The van der Waals surface area contributed by atoms with E-state index < -0.39 is 5.97 Å². The average Bonchev–Trinajstić information content (AvgIpc) is 2.81. The molecule has 1 aliphatic rings. The maximum atomic E-state index is 11.8. The van der Waals surface area contributed by atoms with E-state index in [2.05, 4.69) is 10.6 Å². The second-order valence-electron chi connectivity index (χ2n) is 4.03. The van der Waals surface area contributed by atoms with Gasteiger partial charge in [0.25, 0.3) is 0 Å². The van der Waals surface area contributed by atoms with Crippen molar-refractivity contribution < 1.29 is 14.7 Å². The number of carbonyl (C=O) groups is 2. The fourth-order valence-corrected chi connectivity index (χ4v) is 2.67. The first-order chi connectivity index (χ1) is 8.65. The number of hydrogen-bond donors (Lipinski definition) is 3. The number of amides is 1. The molecule has 2 rings (SSSR count). The first-order valence-corrected chi connectivity index (χ1v) is 6.73. The van der Waals surface area contributed by atoms with Crippen LogP contribution in [0.5, 0.6) is 0 Å². The van der Waals surface area contributed by atoms with E-state index in [1.165, 1.54) is 0 Å². The highest BCUT2D eigenvalue weighted by Crippen LogP contribution is 2.14. The average molecular weight is 266 g/mol. The zero-order chi connectivity index (χ0) is 13.0. The first kappa shape index (κ1) is 12.9. The van der Waals surface area contributed by atoms with Crippen molar-refractivity contribution >= 4 is 29.3 Å². The third kappa shape index (κ3) is 3.48. The van der Waals surface area contributed by atoms with E-state index in [9.17, 15) is 9.59 Å². The summed E-state index contributed by atoms with van der Waals surface area (Å²) in [5.41, 5.74) is 1.31. The van der Waals surface area contributed by atoms with Crippen LogP contribution >= 0.6 is 11.8 Å². The van der Waals surface area contributed by atoms with E-state index in [-0.39, 0.29) is 18.4 Å². The van der Waals surface area contributed by atoms with Crippen molar-refractivity contribution in [1.29, 1.82) is 0 Å². The van der Waals surface area contributed by atoms with Crippen LogP contribution in [0.15, 0.2) is 24.3 Å². The summed E-state index contributed by atoms with van der Waals surface area (Å²) in [7, 11) is 0. The molecule has 0 aromatic heterocycles. The standard InChI is InChI=1S/C12H14N2O3S/c15-11(16)5-8-2-1-3-9(4-8)14-12(17)10-6-18-7-13-10/h1-4,10,13H,5-7H2,(H,14,17)(H,15,16). The fourth-order valence-electron chi connectivity index (χ4n) is 1.73. The number of carbonyl (C=O) groups excluding carboxylic acids is 1. The highest BCUT2D eigenvalue weighted by atomic mass is 32.2. The SMILES string of the molecule is O=C(O)Cc1cccc(NC(=O)C2CSCN2)c1. The van der Waals surface area contributed by atoms with Gasteiger partial charge in [0.15, 0.2) is 0 Å². The summed E-state index contributed by atoms with van der Waals surface area (Å²) in [5.74, 6) is 0.595. The topological polar surface area (TPSA) is 78.4 Å². The van der Waals surface area contributed by atoms with E-state index in [1.54, 1.807) is 36.0 Å². The van der Waals surface area contributed by atoms with Gasteiger partial charge in [-0.15, -0.1) is 11.8 Å². The van der Waals surface area contributed by atoms with Gasteiger partial charge in [0.05, 0.1) is 12.5 Å². The van der Waals surface area contributed by atoms with Crippen LogP contribution in [-0.2, 0) is 16.0 Å². The Hall–Kier alpha value is -1.53. The van der Waals surface area contributed by atoms with Crippen LogP contribution < -0.4 is 10.6 Å². The molecule has 1 amide bonds. The lowest BCUT2D eigenvalue weighted by atomic mass is 10.1. The molecule has 0 radical (unpaired) electrons. The van der Waals surface area contributed by atoms with E-state index >= 15 is 0 Å². The largest absolute Gasteiger partial charge is 0.481 e. The quantitative estimate of drug-likeness (QED) is 0.755. The van der Waals surface area contributed by atoms with Gasteiger partial charge in [-0.3, -0.25) is 14.9 Å². The summed E-state index contributed by atoms with van der Waals surface area (Å²) in [6.07, 6.45) is -0.0404. The first-order valence-electron chi connectivity index (χ1n) is 5.58. The molecule has 1 aromatic rings. The van der Waals surface area contributed by atoms with E-state index in [1.807, 2.05) is 0 Å². The predicted molar refractivity (Wildman–Crippen MR) is 70.7 cm³/mol. The number of anilines is 1. The molecular weight excluding hydrogens is 252 g/mol.